The number of rotatable bonds is 5. The van der Waals surface area contributed by atoms with Gasteiger partial charge in [-0.25, -0.2) is 9.97 Å². The Kier molecular flexibility index (Phi) is 5.89. The summed E-state index contributed by atoms with van der Waals surface area (Å²) in [5, 5.41) is 0. The van der Waals surface area contributed by atoms with Crippen molar-refractivity contribution in [1.29, 1.82) is 0 Å². The van der Waals surface area contributed by atoms with Gasteiger partial charge in [-0.3, -0.25) is 0 Å². The molecule has 38 heavy (non-hydrogen) atoms. The van der Waals surface area contributed by atoms with Crippen LogP contribution in [0, 0.1) is 28.1 Å². The Bertz CT molecular complexity index is 1450. The van der Waals surface area contributed by atoms with Crippen molar-refractivity contribution in [3.63, 3.8) is 0 Å². The first-order valence-electron chi connectivity index (χ1n) is 13.6. The molecule has 0 radical (unpaired) electrons. The Balaban J connectivity index is 1.16. The fourth-order valence-corrected chi connectivity index (χ4v) is 9.92. The van der Waals surface area contributed by atoms with Crippen LogP contribution in [-0.4, -0.2) is 32.2 Å². The van der Waals surface area contributed by atoms with Gasteiger partial charge in [-0.15, -0.1) is 0 Å². The molecule has 2 heterocycles. The third-order valence-electron chi connectivity index (χ3n) is 9.66. The van der Waals surface area contributed by atoms with Crippen LogP contribution in [0.15, 0.2) is 60.8 Å². The lowest BCUT2D eigenvalue weighted by Gasteiger charge is -2.71. The van der Waals surface area contributed by atoms with Crippen LogP contribution >= 0.6 is 37.9 Å². The van der Waals surface area contributed by atoms with Gasteiger partial charge < -0.3 is 4.98 Å². The van der Waals surface area contributed by atoms with Crippen LogP contribution in [0.3, 0.4) is 0 Å². The number of aromatic nitrogens is 3. The summed E-state index contributed by atoms with van der Waals surface area (Å²) in [6, 6.07) is 11.1. The van der Waals surface area contributed by atoms with Crippen molar-refractivity contribution < 1.29 is 0 Å². The molecule has 4 saturated carbocycles. The number of allylic oxidation sites excluding steroid dienone is 4. The van der Waals surface area contributed by atoms with E-state index in [0.29, 0.717) is 16.2 Å². The van der Waals surface area contributed by atoms with Crippen molar-refractivity contribution in [1.82, 2.24) is 15.0 Å². The highest BCUT2D eigenvalue weighted by atomic mass is 32.1. The van der Waals surface area contributed by atoms with E-state index in [4.69, 9.17) is 37.9 Å². The van der Waals surface area contributed by atoms with Crippen LogP contribution in [0.5, 0.6) is 0 Å². The van der Waals surface area contributed by atoms with Gasteiger partial charge in [0.05, 0.1) is 11.4 Å². The van der Waals surface area contributed by atoms with E-state index >= 15 is 0 Å². The average Bonchev–Trinajstić information content (AvgIpc) is 3.61. The normalized spacial score (nSPS) is 33.2. The van der Waals surface area contributed by atoms with Crippen molar-refractivity contribution >= 4 is 49.1 Å². The predicted molar refractivity (Wildman–Crippen MR) is 166 cm³/mol. The summed E-state index contributed by atoms with van der Waals surface area (Å²) >= 11 is 14.7. The van der Waals surface area contributed by atoms with E-state index in [0.717, 1.165) is 45.4 Å². The van der Waals surface area contributed by atoms with Gasteiger partial charge in [-0.1, -0.05) is 48.3 Å². The highest BCUT2D eigenvalue weighted by molar-refractivity contribution is 7.80. The van der Waals surface area contributed by atoms with E-state index in [-0.39, 0.29) is 11.3 Å². The summed E-state index contributed by atoms with van der Waals surface area (Å²) < 4.78 is 0. The van der Waals surface area contributed by atoms with E-state index in [1.165, 1.54) is 44.1 Å². The molecule has 4 bridgehead atoms. The molecule has 194 valence electrons. The molecule has 1 aromatic carbocycles. The Morgan fingerprint density at radius 3 is 1.95 bits per heavy atom. The van der Waals surface area contributed by atoms with E-state index < -0.39 is 0 Å². The minimum absolute atomic E-state index is 0.194. The fourth-order valence-electron chi connectivity index (χ4n) is 8.91. The maximum atomic E-state index is 4.91. The minimum Gasteiger partial charge on any atom is -0.340 e. The van der Waals surface area contributed by atoms with Gasteiger partial charge in [0.25, 0.3) is 0 Å². The molecular formula is C32H33N3S3. The van der Waals surface area contributed by atoms with Crippen molar-refractivity contribution in [2.75, 3.05) is 17.3 Å². The summed E-state index contributed by atoms with van der Waals surface area (Å²) in [6.45, 7) is 0. The predicted octanol–water partition coefficient (Wildman–Crippen LogP) is 6.94. The molecule has 0 unspecified atom stereocenters. The van der Waals surface area contributed by atoms with Gasteiger partial charge >= 0.3 is 0 Å². The zero-order valence-corrected chi connectivity index (χ0v) is 24.1. The first-order chi connectivity index (χ1) is 18.4. The molecule has 5 aliphatic carbocycles. The van der Waals surface area contributed by atoms with Gasteiger partial charge in [0.2, 0.25) is 0 Å². The van der Waals surface area contributed by atoms with Crippen molar-refractivity contribution in [2.24, 2.45) is 16.2 Å². The van der Waals surface area contributed by atoms with Crippen LogP contribution in [0.2, 0.25) is 0 Å². The van der Waals surface area contributed by atoms with E-state index in [9.17, 15) is 0 Å². The molecule has 5 aliphatic rings. The molecular weight excluding hydrogens is 523 g/mol. The Morgan fingerprint density at radius 1 is 0.789 bits per heavy atom. The maximum Gasteiger partial charge on any atom is 0.177 e. The first kappa shape index (κ1) is 24.9. The second-order valence-electron chi connectivity index (χ2n) is 12.7. The maximum absolute atomic E-state index is 4.91. The van der Waals surface area contributed by atoms with Gasteiger partial charge in [0, 0.05) is 17.3 Å². The molecule has 0 saturated heterocycles. The molecule has 3 nitrogen and oxygen atoms in total. The van der Waals surface area contributed by atoms with Crippen LogP contribution < -0.4 is 0 Å². The number of nitrogens with one attached hydrogen (secondary N) is 1. The number of hydrogen-bond acceptors (Lipinski definition) is 5. The highest BCUT2D eigenvalue weighted by Gasteiger charge is 2.67. The van der Waals surface area contributed by atoms with Gasteiger partial charge in [0.1, 0.15) is 5.82 Å². The standard InChI is InChI=1S/C32H33N3S3/c36-19-29-13-30(20-37)15-31(14-29,21-38)18-32(16-29,17-30)25-9-7-22(8-10-25)5-6-23-11-26-28(33-12-23)35-27(34-26)24-3-1-2-4-24/h1-4,7-12,24,36-38H,13-21H2,(H,33,34,35). The number of nitrogens with zero attached hydrogens (tertiary/aromatic N) is 2. The van der Waals surface area contributed by atoms with Crippen molar-refractivity contribution in [2.45, 2.75) is 49.9 Å². The zero-order valence-electron chi connectivity index (χ0n) is 21.5. The molecule has 4 fully saturated rings. The second-order valence-corrected chi connectivity index (χ2v) is 13.6. The summed E-state index contributed by atoms with van der Waals surface area (Å²) in [6.07, 6.45) is 17.7. The number of fused-ring (bicyclic) bond motifs is 1. The first-order valence-corrected chi connectivity index (χ1v) is 15.5. The molecule has 2 aromatic heterocycles. The number of H-pyrrole nitrogens is 1. The minimum atomic E-state index is 0.194. The van der Waals surface area contributed by atoms with Crippen molar-refractivity contribution in [3.8, 4) is 11.8 Å². The largest absolute Gasteiger partial charge is 0.340 e. The molecule has 0 spiro atoms. The monoisotopic (exact) mass is 555 g/mol. The third kappa shape index (κ3) is 4.00. The number of pyridine rings is 1. The lowest BCUT2D eigenvalue weighted by molar-refractivity contribution is -0.145. The third-order valence-corrected chi connectivity index (χ3v) is 11.7. The molecule has 8 rings (SSSR count). The number of aromatic amines is 1. The summed E-state index contributed by atoms with van der Waals surface area (Å²) in [7, 11) is 0. The zero-order chi connectivity index (χ0) is 26.0. The smallest absolute Gasteiger partial charge is 0.177 e. The Hall–Kier alpha value is -2.07. The number of benzene rings is 1. The lowest BCUT2D eigenvalue weighted by Crippen LogP contribution is -2.64. The number of hydrogen-bond donors (Lipinski definition) is 4. The summed E-state index contributed by atoms with van der Waals surface area (Å²) in [4.78, 5) is 12.6. The topological polar surface area (TPSA) is 41.6 Å². The Morgan fingerprint density at radius 2 is 1.37 bits per heavy atom. The SMILES string of the molecule is SCC12CC3(CS)CC(CS)(C1)CC(c1ccc(C#Cc4cnc5nc(C6C=CC=C6)[nH]c5c4)cc1)(C2)C3. The summed E-state index contributed by atoms with van der Waals surface area (Å²) in [5.74, 6) is 10.7. The van der Waals surface area contributed by atoms with Crippen LogP contribution in [-0.2, 0) is 5.41 Å². The van der Waals surface area contributed by atoms with E-state index in [1.807, 2.05) is 24.4 Å². The van der Waals surface area contributed by atoms with Gasteiger partial charge in [-0.2, -0.15) is 37.9 Å². The summed E-state index contributed by atoms with van der Waals surface area (Å²) in [5.41, 5.74) is 6.17. The molecule has 0 atom stereocenters. The fraction of sp³-hybridized carbons (Fsp3) is 0.438. The second kappa shape index (κ2) is 8.98. The number of imidazole rings is 1. The lowest BCUT2D eigenvalue weighted by atomic mass is 9.35. The van der Waals surface area contributed by atoms with E-state index in [1.54, 1.807) is 0 Å². The average molecular weight is 556 g/mol. The molecule has 3 aromatic rings. The quantitative estimate of drug-likeness (QED) is 0.204. The molecule has 0 aliphatic heterocycles. The van der Waals surface area contributed by atoms with Crippen LogP contribution in [0.25, 0.3) is 11.2 Å². The highest BCUT2D eigenvalue weighted by Crippen LogP contribution is 2.74. The van der Waals surface area contributed by atoms with E-state index in [2.05, 4.69) is 63.2 Å². The van der Waals surface area contributed by atoms with Crippen LogP contribution in [0.1, 0.15) is 67.0 Å². The van der Waals surface area contributed by atoms with Crippen molar-refractivity contribution in [3.05, 3.63) is 83.3 Å². The number of thiol groups is 3. The molecule has 1 N–H and O–H groups in total. The van der Waals surface area contributed by atoms with Gasteiger partial charge in [-0.05, 0) is 101 Å². The van der Waals surface area contributed by atoms with Crippen LogP contribution in [0.4, 0.5) is 0 Å². The molecule has 0 amide bonds. The molecule has 6 heteroatoms. The van der Waals surface area contributed by atoms with Gasteiger partial charge in [0.15, 0.2) is 5.65 Å². The Labute approximate surface area is 241 Å².